The summed E-state index contributed by atoms with van der Waals surface area (Å²) < 4.78 is 11.9. The van der Waals surface area contributed by atoms with Crippen LogP contribution in [0.1, 0.15) is 18.1 Å². The van der Waals surface area contributed by atoms with Gasteiger partial charge in [-0.1, -0.05) is 12.1 Å². The molecule has 0 amide bonds. The van der Waals surface area contributed by atoms with Crippen molar-refractivity contribution in [2.75, 3.05) is 13.7 Å². The van der Waals surface area contributed by atoms with Gasteiger partial charge in [0.05, 0.1) is 18.2 Å². The maximum absolute atomic E-state index is 10.9. The van der Waals surface area contributed by atoms with Crippen molar-refractivity contribution in [3.63, 3.8) is 0 Å². The molecule has 0 saturated heterocycles. The molecule has 8 nitrogen and oxygen atoms in total. The van der Waals surface area contributed by atoms with Crippen molar-refractivity contribution in [3.8, 4) is 11.5 Å². The van der Waals surface area contributed by atoms with Crippen molar-refractivity contribution in [1.29, 1.82) is 0 Å². The van der Waals surface area contributed by atoms with E-state index in [1.807, 2.05) is 6.92 Å². The number of benzene rings is 2. The molecule has 2 N–H and O–H groups in total. The maximum atomic E-state index is 10.9. The molecular formula is C18H19BrN4O4S. The molecule has 2 rings (SSSR count). The molecule has 2 aromatic carbocycles. The number of nitrogens with one attached hydrogen (secondary N) is 2. The zero-order valence-corrected chi connectivity index (χ0v) is 17.7. The summed E-state index contributed by atoms with van der Waals surface area (Å²) in [6, 6.07) is 9.79. The molecular weight excluding hydrogens is 448 g/mol. The van der Waals surface area contributed by atoms with Crippen molar-refractivity contribution < 1.29 is 14.4 Å². The summed E-state index contributed by atoms with van der Waals surface area (Å²) >= 11 is 8.52. The van der Waals surface area contributed by atoms with Gasteiger partial charge >= 0.3 is 0 Å². The van der Waals surface area contributed by atoms with Crippen molar-refractivity contribution >= 4 is 45.2 Å². The zero-order valence-electron chi connectivity index (χ0n) is 15.3. The second-order valence-corrected chi connectivity index (χ2v) is 6.73. The Morgan fingerprint density at radius 3 is 2.82 bits per heavy atom. The van der Waals surface area contributed by atoms with Gasteiger partial charge in [-0.05, 0) is 52.8 Å². The minimum atomic E-state index is -0.440. The number of nitro benzene ring substituents is 1. The van der Waals surface area contributed by atoms with Crippen LogP contribution in [0.15, 0.2) is 46.0 Å². The first-order chi connectivity index (χ1) is 13.4. The molecule has 0 atom stereocenters. The first-order valence-corrected chi connectivity index (χ1v) is 9.45. The third-order valence-corrected chi connectivity index (χ3v) is 4.43. The van der Waals surface area contributed by atoms with Crippen molar-refractivity contribution in [1.82, 2.24) is 10.7 Å². The van der Waals surface area contributed by atoms with E-state index in [0.717, 1.165) is 10.0 Å². The highest BCUT2D eigenvalue weighted by molar-refractivity contribution is 9.10. The summed E-state index contributed by atoms with van der Waals surface area (Å²) in [5.74, 6) is 0.999. The molecule has 2 aromatic rings. The Balaban J connectivity index is 2.12. The number of thiocarbonyl (C=S) groups is 1. The third kappa shape index (κ3) is 6.17. The molecule has 0 aliphatic rings. The van der Waals surface area contributed by atoms with Crippen LogP contribution >= 0.6 is 28.1 Å². The van der Waals surface area contributed by atoms with E-state index in [2.05, 4.69) is 31.8 Å². The number of hydrazone groups is 1. The van der Waals surface area contributed by atoms with E-state index in [4.69, 9.17) is 21.7 Å². The summed E-state index contributed by atoms with van der Waals surface area (Å²) in [6.07, 6.45) is 1.60. The van der Waals surface area contributed by atoms with Crippen LogP contribution in [0.25, 0.3) is 0 Å². The standard InChI is InChI=1S/C18H19BrN4O4S/c1-3-20-18(28)22-21-10-13-8-16(26-2)17(9-15(13)19)27-11-12-5-4-6-14(7-12)23(24)25/h4-10H,3,11H2,1-2H3,(H2,20,22,28)/b21-10-. The topological polar surface area (TPSA) is 98.0 Å². The first-order valence-electron chi connectivity index (χ1n) is 8.25. The molecule has 28 heavy (non-hydrogen) atoms. The SMILES string of the molecule is CCNC(=S)N/N=C\c1cc(OC)c(OCc2cccc([N+](=O)[O-])c2)cc1Br. The molecule has 0 aromatic heterocycles. The molecule has 0 spiro atoms. The lowest BCUT2D eigenvalue weighted by molar-refractivity contribution is -0.384. The Kier molecular flexibility index (Phi) is 8.15. The highest BCUT2D eigenvalue weighted by Crippen LogP contribution is 2.33. The average Bonchev–Trinajstić information content (AvgIpc) is 2.68. The second kappa shape index (κ2) is 10.6. The van der Waals surface area contributed by atoms with Crippen molar-refractivity contribution in [3.05, 3.63) is 62.1 Å². The fourth-order valence-electron chi connectivity index (χ4n) is 2.20. The molecule has 0 aliphatic carbocycles. The fourth-order valence-corrected chi connectivity index (χ4v) is 2.83. The summed E-state index contributed by atoms with van der Waals surface area (Å²) in [5.41, 5.74) is 4.17. The van der Waals surface area contributed by atoms with Crippen LogP contribution in [-0.2, 0) is 6.61 Å². The largest absolute Gasteiger partial charge is 0.493 e. The van der Waals surface area contributed by atoms with Crippen LogP contribution in [0, 0.1) is 10.1 Å². The Hall–Kier alpha value is -2.72. The van der Waals surface area contributed by atoms with Gasteiger partial charge in [-0.2, -0.15) is 5.10 Å². The van der Waals surface area contributed by atoms with Gasteiger partial charge < -0.3 is 14.8 Å². The van der Waals surface area contributed by atoms with Gasteiger partial charge in [-0.25, -0.2) is 0 Å². The van der Waals surface area contributed by atoms with Gasteiger partial charge in [0.25, 0.3) is 5.69 Å². The van der Waals surface area contributed by atoms with Crippen LogP contribution < -0.4 is 20.2 Å². The molecule has 0 aliphatic heterocycles. The molecule has 0 fully saturated rings. The van der Waals surface area contributed by atoms with Crippen LogP contribution in [0.4, 0.5) is 5.69 Å². The summed E-state index contributed by atoms with van der Waals surface area (Å²) in [5, 5.41) is 18.3. The van der Waals surface area contributed by atoms with E-state index in [-0.39, 0.29) is 12.3 Å². The normalized spacial score (nSPS) is 10.5. The van der Waals surface area contributed by atoms with E-state index in [0.29, 0.717) is 28.7 Å². The van der Waals surface area contributed by atoms with Gasteiger partial charge in [-0.3, -0.25) is 15.5 Å². The number of ether oxygens (including phenoxy) is 2. The Bertz CT molecular complexity index is 892. The molecule has 0 heterocycles. The van der Waals surface area contributed by atoms with Crippen LogP contribution in [-0.4, -0.2) is 29.9 Å². The molecule has 0 radical (unpaired) electrons. The van der Waals surface area contributed by atoms with Crippen LogP contribution in [0.3, 0.4) is 0 Å². The molecule has 0 bridgehead atoms. The predicted octanol–water partition coefficient (Wildman–Crippen LogP) is 3.76. The number of rotatable bonds is 8. The van der Waals surface area contributed by atoms with E-state index in [1.165, 1.54) is 19.2 Å². The van der Waals surface area contributed by atoms with E-state index >= 15 is 0 Å². The number of hydrogen-bond donors (Lipinski definition) is 2. The Labute approximate surface area is 176 Å². The van der Waals surface area contributed by atoms with E-state index in [9.17, 15) is 10.1 Å². The first kappa shape index (κ1) is 21.6. The van der Waals surface area contributed by atoms with E-state index in [1.54, 1.807) is 30.5 Å². The minimum Gasteiger partial charge on any atom is -0.493 e. The van der Waals surface area contributed by atoms with E-state index < -0.39 is 4.92 Å². The molecule has 0 unspecified atom stereocenters. The zero-order chi connectivity index (χ0) is 20.5. The van der Waals surface area contributed by atoms with Gasteiger partial charge in [0, 0.05) is 28.7 Å². The van der Waals surface area contributed by atoms with Gasteiger partial charge in [-0.15, -0.1) is 0 Å². The number of hydrogen-bond acceptors (Lipinski definition) is 6. The molecule has 148 valence electrons. The number of halogens is 1. The lowest BCUT2D eigenvalue weighted by atomic mass is 10.2. The smallest absolute Gasteiger partial charge is 0.269 e. The number of non-ortho nitro benzene ring substituents is 1. The van der Waals surface area contributed by atoms with Gasteiger partial charge in [0.2, 0.25) is 0 Å². The van der Waals surface area contributed by atoms with Gasteiger partial charge in [0.1, 0.15) is 6.61 Å². The third-order valence-electron chi connectivity index (χ3n) is 3.51. The Morgan fingerprint density at radius 2 is 2.14 bits per heavy atom. The minimum absolute atomic E-state index is 0.0174. The predicted molar refractivity (Wildman–Crippen MR) is 115 cm³/mol. The quantitative estimate of drug-likeness (QED) is 0.264. The number of methoxy groups -OCH3 is 1. The summed E-state index contributed by atoms with van der Waals surface area (Å²) in [4.78, 5) is 10.4. The highest BCUT2D eigenvalue weighted by atomic mass is 79.9. The number of nitrogens with zero attached hydrogens (tertiary/aromatic N) is 2. The second-order valence-electron chi connectivity index (χ2n) is 5.47. The summed E-state index contributed by atoms with van der Waals surface area (Å²) in [7, 11) is 1.53. The fraction of sp³-hybridized carbons (Fsp3) is 0.222. The summed E-state index contributed by atoms with van der Waals surface area (Å²) in [6.45, 7) is 2.80. The average molecular weight is 467 g/mol. The lowest BCUT2D eigenvalue weighted by Crippen LogP contribution is -2.31. The van der Waals surface area contributed by atoms with Crippen molar-refractivity contribution in [2.24, 2.45) is 5.10 Å². The highest BCUT2D eigenvalue weighted by Gasteiger charge is 2.11. The monoisotopic (exact) mass is 466 g/mol. The molecule has 0 saturated carbocycles. The number of nitro groups is 1. The lowest BCUT2D eigenvalue weighted by Gasteiger charge is -2.13. The molecule has 10 heteroatoms. The Morgan fingerprint density at radius 1 is 1.36 bits per heavy atom. The van der Waals surface area contributed by atoms with Gasteiger partial charge in [0.15, 0.2) is 16.6 Å². The van der Waals surface area contributed by atoms with Crippen molar-refractivity contribution in [2.45, 2.75) is 13.5 Å². The maximum Gasteiger partial charge on any atom is 0.269 e. The van der Waals surface area contributed by atoms with Crippen LogP contribution in [0.2, 0.25) is 0 Å². The van der Waals surface area contributed by atoms with Crippen LogP contribution in [0.5, 0.6) is 11.5 Å².